The molecule has 0 unspecified atom stereocenters. The molecule has 2 aromatic carbocycles. The number of rotatable bonds is 7. The molecule has 2 amide bonds. The second-order valence-electron chi connectivity index (χ2n) is 6.53. The molecule has 3 aromatic rings. The van der Waals surface area contributed by atoms with E-state index in [0.717, 1.165) is 12.1 Å². The summed E-state index contributed by atoms with van der Waals surface area (Å²) in [4.78, 5) is 12.0. The highest BCUT2D eigenvalue weighted by Crippen LogP contribution is 2.31. The van der Waals surface area contributed by atoms with Crippen LogP contribution in [-0.4, -0.2) is 40.6 Å². The molecule has 3 N–H and O–H groups in total. The van der Waals surface area contributed by atoms with Crippen LogP contribution >= 0.6 is 0 Å². The average molecular weight is 436 g/mol. The molecule has 1 atom stereocenters. The van der Waals surface area contributed by atoms with Crippen LogP contribution in [-0.2, 0) is 6.18 Å². The van der Waals surface area contributed by atoms with Gasteiger partial charge in [0.2, 0.25) is 11.8 Å². The van der Waals surface area contributed by atoms with Crippen LogP contribution in [0.15, 0.2) is 52.9 Å². The Kier molecular flexibility index (Phi) is 6.75. The van der Waals surface area contributed by atoms with E-state index in [-0.39, 0.29) is 18.9 Å². The molecule has 0 radical (unpaired) electrons. The van der Waals surface area contributed by atoms with E-state index in [1.54, 1.807) is 31.2 Å². The maximum Gasteiger partial charge on any atom is 0.416 e. The number of halogens is 3. The fourth-order valence-corrected chi connectivity index (χ4v) is 2.51. The zero-order valence-corrected chi connectivity index (χ0v) is 16.3. The Hall–Kier alpha value is -3.60. The van der Waals surface area contributed by atoms with Crippen LogP contribution in [0, 0.1) is 6.92 Å². The molecule has 0 aliphatic rings. The van der Waals surface area contributed by atoms with Crippen LogP contribution in [0.4, 0.5) is 23.7 Å². The Morgan fingerprint density at radius 1 is 1.19 bits per heavy atom. The van der Waals surface area contributed by atoms with Gasteiger partial charge in [-0.25, -0.2) is 4.79 Å². The van der Waals surface area contributed by atoms with Gasteiger partial charge < -0.3 is 24.9 Å². The van der Waals surface area contributed by atoms with E-state index in [0.29, 0.717) is 23.0 Å². The van der Waals surface area contributed by atoms with Gasteiger partial charge in [0.05, 0.1) is 5.56 Å². The van der Waals surface area contributed by atoms with Gasteiger partial charge in [-0.05, 0) is 42.5 Å². The Labute approximate surface area is 175 Å². The summed E-state index contributed by atoms with van der Waals surface area (Å²) in [6, 6.07) is 10.4. The first kappa shape index (κ1) is 22.1. The van der Waals surface area contributed by atoms with Crippen molar-refractivity contribution in [1.29, 1.82) is 0 Å². The molecule has 0 aliphatic carbocycles. The molecule has 31 heavy (non-hydrogen) atoms. The highest BCUT2D eigenvalue weighted by molar-refractivity contribution is 5.89. The number of hydrogen-bond donors (Lipinski definition) is 3. The number of aliphatic hydroxyl groups is 1. The van der Waals surface area contributed by atoms with Gasteiger partial charge in [-0.3, -0.25) is 0 Å². The fraction of sp³-hybridized carbons (Fsp3) is 0.250. The van der Waals surface area contributed by atoms with Crippen LogP contribution in [0.3, 0.4) is 0 Å². The lowest BCUT2D eigenvalue weighted by Crippen LogP contribution is -2.37. The van der Waals surface area contributed by atoms with E-state index in [2.05, 4.69) is 20.8 Å². The lowest BCUT2D eigenvalue weighted by Gasteiger charge is -2.15. The standard InChI is InChI=1S/C20H19F3N4O4/c1-12-26-27-18(31-12)13-5-7-15(8-6-13)25-19(29)24-10-16(28)11-30-17-4-2-3-14(9-17)20(21,22)23/h2-9,16,28H,10-11H2,1H3,(H2,24,25,29)/t16-/m0/s1. The second kappa shape index (κ2) is 9.47. The summed E-state index contributed by atoms with van der Waals surface area (Å²) in [7, 11) is 0. The molecular weight excluding hydrogens is 417 g/mol. The number of urea groups is 1. The summed E-state index contributed by atoms with van der Waals surface area (Å²) in [5.74, 6) is 0.763. The van der Waals surface area contributed by atoms with Gasteiger partial charge in [-0.2, -0.15) is 13.2 Å². The second-order valence-corrected chi connectivity index (χ2v) is 6.53. The summed E-state index contributed by atoms with van der Waals surface area (Å²) in [5, 5.41) is 22.6. The molecule has 1 heterocycles. The van der Waals surface area contributed by atoms with Crippen molar-refractivity contribution in [3.05, 3.63) is 60.0 Å². The first-order valence-corrected chi connectivity index (χ1v) is 9.14. The van der Waals surface area contributed by atoms with Crippen LogP contribution in [0.2, 0.25) is 0 Å². The van der Waals surface area contributed by atoms with E-state index in [4.69, 9.17) is 9.15 Å². The number of aryl methyl sites for hydroxylation is 1. The number of amides is 2. The van der Waals surface area contributed by atoms with Gasteiger partial charge in [0.15, 0.2) is 0 Å². The highest BCUT2D eigenvalue weighted by Gasteiger charge is 2.30. The van der Waals surface area contributed by atoms with Crippen LogP contribution in [0.1, 0.15) is 11.5 Å². The summed E-state index contributed by atoms with van der Waals surface area (Å²) in [6.45, 7) is 1.22. The van der Waals surface area contributed by atoms with Crippen molar-refractivity contribution in [3.63, 3.8) is 0 Å². The summed E-state index contributed by atoms with van der Waals surface area (Å²) in [5.41, 5.74) is 0.332. The molecular formula is C20H19F3N4O4. The molecule has 0 bridgehead atoms. The zero-order valence-electron chi connectivity index (χ0n) is 16.3. The lowest BCUT2D eigenvalue weighted by molar-refractivity contribution is -0.137. The number of nitrogens with zero attached hydrogens (tertiary/aromatic N) is 2. The fourth-order valence-electron chi connectivity index (χ4n) is 2.51. The van der Waals surface area contributed by atoms with Crippen molar-refractivity contribution < 1.29 is 32.2 Å². The van der Waals surface area contributed by atoms with E-state index in [9.17, 15) is 23.1 Å². The number of carbonyl (C=O) groups excluding carboxylic acids is 1. The predicted molar refractivity (Wildman–Crippen MR) is 104 cm³/mol. The van der Waals surface area contributed by atoms with Gasteiger partial charge in [0, 0.05) is 24.7 Å². The normalized spacial score (nSPS) is 12.3. The number of carbonyl (C=O) groups is 1. The van der Waals surface area contributed by atoms with E-state index in [1.807, 2.05) is 0 Å². The lowest BCUT2D eigenvalue weighted by atomic mass is 10.2. The van der Waals surface area contributed by atoms with Crippen LogP contribution in [0.5, 0.6) is 5.75 Å². The van der Waals surface area contributed by atoms with Crippen molar-refractivity contribution in [3.8, 4) is 17.2 Å². The summed E-state index contributed by atoms with van der Waals surface area (Å²) in [6.07, 6.45) is -5.61. The summed E-state index contributed by atoms with van der Waals surface area (Å²) < 4.78 is 48.6. The van der Waals surface area contributed by atoms with Crippen LogP contribution in [0.25, 0.3) is 11.5 Å². The van der Waals surface area contributed by atoms with Gasteiger partial charge in [0.25, 0.3) is 0 Å². The number of anilines is 1. The van der Waals surface area contributed by atoms with E-state index >= 15 is 0 Å². The zero-order chi connectivity index (χ0) is 22.4. The van der Waals surface area contributed by atoms with Crippen molar-refractivity contribution in [2.75, 3.05) is 18.5 Å². The minimum absolute atomic E-state index is 0.0325. The SMILES string of the molecule is Cc1nnc(-c2ccc(NC(=O)NC[C@H](O)COc3cccc(C(F)(F)F)c3)cc2)o1. The highest BCUT2D eigenvalue weighted by atomic mass is 19.4. The molecule has 0 saturated carbocycles. The number of nitrogens with one attached hydrogen (secondary N) is 2. The Bertz CT molecular complexity index is 1020. The topological polar surface area (TPSA) is 110 Å². The number of ether oxygens (including phenoxy) is 1. The number of alkyl halides is 3. The summed E-state index contributed by atoms with van der Waals surface area (Å²) >= 11 is 0. The van der Waals surface area contributed by atoms with Crippen LogP contribution < -0.4 is 15.4 Å². The third kappa shape index (κ3) is 6.44. The molecule has 0 fully saturated rings. The third-order valence-electron chi connectivity index (χ3n) is 4.02. The first-order chi connectivity index (χ1) is 14.7. The van der Waals surface area contributed by atoms with Gasteiger partial charge in [0.1, 0.15) is 18.5 Å². The molecule has 3 rings (SSSR count). The molecule has 8 nitrogen and oxygen atoms in total. The predicted octanol–water partition coefficient (Wildman–Crippen LogP) is 3.63. The largest absolute Gasteiger partial charge is 0.491 e. The van der Waals surface area contributed by atoms with Gasteiger partial charge in [-0.15, -0.1) is 10.2 Å². The Balaban J connectivity index is 1.43. The number of benzene rings is 2. The van der Waals surface area contributed by atoms with Gasteiger partial charge in [-0.1, -0.05) is 6.07 Å². The smallest absolute Gasteiger partial charge is 0.416 e. The molecule has 0 saturated heterocycles. The maximum absolute atomic E-state index is 12.7. The quantitative estimate of drug-likeness (QED) is 0.522. The molecule has 11 heteroatoms. The Morgan fingerprint density at radius 2 is 1.94 bits per heavy atom. The molecule has 0 spiro atoms. The number of aromatic nitrogens is 2. The first-order valence-electron chi connectivity index (χ1n) is 9.14. The van der Waals surface area contributed by atoms with E-state index in [1.165, 1.54) is 12.1 Å². The Morgan fingerprint density at radius 3 is 2.58 bits per heavy atom. The van der Waals surface area contributed by atoms with Crippen molar-refractivity contribution >= 4 is 11.7 Å². The van der Waals surface area contributed by atoms with Crippen molar-refractivity contribution in [2.45, 2.75) is 19.2 Å². The number of hydrogen-bond acceptors (Lipinski definition) is 6. The average Bonchev–Trinajstić information content (AvgIpc) is 3.17. The van der Waals surface area contributed by atoms with E-state index < -0.39 is 23.9 Å². The monoisotopic (exact) mass is 436 g/mol. The minimum atomic E-state index is -4.49. The van der Waals surface area contributed by atoms with Gasteiger partial charge >= 0.3 is 12.2 Å². The molecule has 0 aliphatic heterocycles. The third-order valence-corrected chi connectivity index (χ3v) is 4.02. The maximum atomic E-state index is 12.7. The van der Waals surface area contributed by atoms with Crippen molar-refractivity contribution in [2.24, 2.45) is 0 Å². The minimum Gasteiger partial charge on any atom is -0.491 e. The van der Waals surface area contributed by atoms with Crippen molar-refractivity contribution in [1.82, 2.24) is 15.5 Å². The number of aliphatic hydroxyl groups excluding tert-OH is 1. The molecule has 164 valence electrons. The molecule has 1 aromatic heterocycles.